The van der Waals surface area contributed by atoms with Gasteiger partial charge in [-0.1, -0.05) is 0 Å². The second kappa shape index (κ2) is 5.82. The molecule has 2 rings (SSSR count). The Morgan fingerprint density at radius 1 is 1.38 bits per heavy atom. The van der Waals surface area contributed by atoms with Gasteiger partial charge in [-0.15, -0.1) is 11.3 Å². The van der Waals surface area contributed by atoms with Gasteiger partial charge >= 0.3 is 5.97 Å². The summed E-state index contributed by atoms with van der Waals surface area (Å²) in [6, 6.07) is 0.125. The molecule has 2 heterocycles. The number of anilines is 2. The highest BCUT2D eigenvalue weighted by Crippen LogP contribution is 2.42. The van der Waals surface area contributed by atoms with Crippen LogP contribution >= 0.6 is 11.3 Å². The van der Waals surface area contributed by atoms with E-state index in [9.17, 15) is 13.2 Å². The number of piperidine rings is 1. The fourth-order valence-electron chi connectivity index (χ4n) is 2.33. The molecule has 0 aromatic carbocycles. The first-order chi connectivity index (χ1) is 9.75. The number of esters is 1. The topological polar surface area (TPSA) is 116 Å². The van der Waals surface area contributed by atoms with E-state index in [1.165, 1.54) is 7.11 Å². The Bertz CT molecular complexity index is 646. The zero-order valence-corrected chi connectivity index (χ0v) is 13.6. The first-order valence-electron chi connectivity index (χ1n) is 6.47. The number of hydrogen-bond acceptors (Lipinski definition) is 8. The van der Waals surface area contributed by atoms with Crippen molar-refractivity contribution in [2.45, 2.75) is 23.8 Å². The van der Waals surface area contributed by atoms with Crippen LogP contribution in [0.1, 0.15) is 22.5 Å². The quantitative estimate of drug-likeness (QED) is 0.771. The number of methoxy groups -OCH3 is 1. The van der Waals surface area contributed by atoms with E-state index in [2.05, 4.69) is 4.74 Å². The Hall–Kier alpha value is -1.32. The lowest BCUT2D eigenvalue weighted by Crippen LogP contribution is -2.39. The van der Waals surface area contributed by atoms with Crippen molar-refractivity contribution in [3.05, 3.63) is 4.88 Å². The first-order valence-corrected chi connectivity index (χ1v) is 9.17. The summed E-state index contributed by atoms with van der Waals surface area (Å²) in [6.07, 6.45) is 2.63. The van der Waals surface area contributed by atoms with Gasteiger partial charge in [-0.05, 0) is 12.8 Å². The van der Waals surface area contributed by atoms with Crippen LogP contribution in [0.3, 0.4) is 0 Å². The molecule has 9 heteroatoms. The van der Waals surface area contributed by atoms with E-state index in [0.717, 1.165) is 30.4 Å². The lowest BCUT2D eigenvalue weighted by Gasteiger charge is -2.31. The van der Waals surface area contributed by atoms with Gasteiger partial charge in [-0.2, -0.15) is 0 Å². The molecule has 4 N–H and O–H groups in total. The van der Waals surface area contributed by atoms with Gasteiger partial charge in [0.2, 0.25) is 0 Å². The molecule has 0 atom stereocenters. The highest BCUT2D eigenvalue weighted by atomic mass is 32.2. The molecule has 1 aromatic heterocycles. The van der Waals surface area contributed by atoms with E-state index >= 15 is 0 Å². The fraction of sp³-hybridized carbons (Fsp3) is 0.583. The highest BCUT2D eigenvalue weighted by Gasteiger charge is 2.31. The van der Waals surface area contributed by atoms with Gasteiger partial charge in [-0.25, -0.2) is 13.2 Å². The fourth-order valence-corrected chi connectivity index (χ4v) is 5.01. The normalized spacial score (nSPS) is 17.0. The Kier molecular flexibility index (Phi) is 4.45. The molecule has 1 fully saturated rings. The van der Waals surface area contributed by atoms with Crippen LogP contribution in [0.2, 0.25) is 0 Å². The maximum Gasteiger partial charge on any atom is 0.350 e. The van der Waals surface area contributed by atoms with E-state index in [0.29, 0.717) is 18.1 Å². The molecule has 1 aromatic rings. The summed E-state index contributed by atoms with van der Waals surface area (Å²) in [7, 11) is -2.31. The summed E-state index contributed by atoms with van der Waals surface area (Å²) in [5.74, 6) is -0.623. The van der Waals surface area contributed by atoms with Crippen LogP contribution in [-0.2, 0) is 14.6 Å². The van der Waals surface area contributed by atoms with Crippen LogP contribution in [0.25, 0.3) is 0 Å². The summed E-state index contributed by atoms with van der Waals surface area (Å²) in [5, 5.41) is 0.502. The van der Waals surface area contributed by atoms with Crippen molar-refractivity contribution in [1.82, 2.24) is 0 Å². The Balaban J connectivity index is 2.51. The summed E-state index contributed by atoms with van der Waals surface area (Å²) in [5.41, 5.74) is 11.7. The van der Waals surface area contributed by atoms with E-state index < -0.39 is 15.8 Å². The van der Waals surface area contributed by atoms with E-state index in [1.54, 1.807) is 0 Å². The third-order valence-corrected chi connectivity index (χ3v) is 5.98. The molecule has 0 radical (unpaired) electrons. The molecule has 1 aliphatic heterocycles. The molecule has 7 nitrogen and oxygen atoms in total. The molecule has 0 amide bonds. The molecule has 21 heavy (non-hydrogen) atoms. The Labute approximate surface area is 127 Å². The van der Waals surface area contributed by atoms with Crippen molar-refractivity contribution in [2.24, 2.45) is 5.73 Å². The van der Waals surface area contributed by atoms with Gasteiger partial charge in [0.1, 0.15) is 14.8 Å². The van der Waals surface area contributed by atoms with Crippen LogP contribution in [0.15, 0.2) is 4.90 Å². The number of hydrogen-bond donors (Lipinski definition) is 2. The number of sulfone groups is 1. The molecule has 0 bridgehead atoms. The predicted octanol–water partition coefficient (Wildman–Crippen LogP) is 0.448. The average Bonchev–Trinajstić information content (AvgIpc) is 2.76. The van der Waals surface area contributed by atoms with Crippen LogP contribution in [0, 0.1) is 0 Å². The second-order valence-electron chi connectivity index (χ2n) is 5.07. The number of ether oxygens (including phenoxy) is 1. The van der Waals surface area contributed by atoms with Gasteiger partial charge < -0.3 is 21.1 Å². The van der Waals surface area contributed by atoms with Crippen LogP contribution in [0.5, 0.6) is 0 Å². The van der Waals surface area contributed by atoms with Crippen LogP contribution in [-0.4, -0.2) is 46.9 Å². The van der Waals surface area contributed by atoms with Crippen molar-refractivity contribution in [3.63, 3.8) is 0 Å². The number of nitrogens with two attached hydrogens (primary N) is 2. The second-order valence-corrected chi connectivity index (χ2v) is 8.02. The molecule has 0 aliphatic carbocycles. The van der Waals surface area contributed by atoms with Gasteiger partial charge in [-0.3, -0.25) is 0 Å². The van der Waals surface area contributed by atoms with E-state index in [1.807, 2.05) is 4.90 Å². The standard InChI is InChI=1S/C12H19N3O4S2/c1-19-12(16)9-8(14)10(21(2,17)18)11(20-9)15-5-3-7(13)4-6-15/h7H,3-6,13-14H2,1-2H3. The van der Waals surface area contributed by atoms with Gasteiger partial charge in [0, 0.05) is 25.4 Å². The monoisotopic (exact) mass is 333 g/mol. The van der Waals surface area contributed by atoms with Crippen LogP contribution in [0.4, 0.5) is 10.7 Å². The van der Waals surface area contributed by atoms with Crippen molar-refractivity contribution in [1.29, 1.82) is 0 Å². The van der Waals surface area contributed by atoms with Crippen molar-refractivity contribution in [3.8, 4) is 0 Å². The number of nitrogen functional groups attached to an aromatic ring is 1. The van der Waals surface area contributed by atoms with Crippen LogP contribution < -0.4 is 16.4 Å². The number of thiophene rings is 1. The minimum atomic E-state index is -3.54. The SMILES string of the molecule is COC(=O)c1sc(N2CCC(N)CC2)c(S(C)(=O)=O)c1N. The molecule has 118 valence electrons. The van der Waals surface area contributed by atoms with Crippen molar-refractivity contribution < 1.29 is 17.9 Å². The first kappa shape index (κ1) is 16.1. The molecule has 0 spiro atoms. The maximum absolute atomic E-state index is 12.0. The molecular formula is C12H19N3O4S2. The van der Waals surface area contributed by atoms with E-state index in [4.69, 9.17) is 11.5 Å². The summed E-state index contributed by atoms with van der Waals surface area (Å²) < 4.78 is 28.7. The number of nitrogens with zero attached hydrogens (tertiary/aromatic N) is 1. The molecule has 0 saturated carbocycles. The maximum atomic E-state index is 12.0. The van der Waals surface area contributed by atoms with Gasteiger partial charge in [0.25, 0.3) is 0 Å². The summed E-state index contributed by atoms with van der Waals surface area (Å²) in [4.78, 5) is 13.8. The molecule has 1 saturated heterocycles. The van der Waals surface area contributed by atoms with Crippen molar-refractivity contribution in [2.75, 3.05) is 37.1 Å². The highest BCUT2D eigenvalue weighted by molar-refractivity contribution is 7.91. The molecule has 1 aliphatic rings. The largest absolute Gasteiger partial charge is 0.465 e. The number of carbonyl (C=O) groups is 1. The van der Waals surface area contributed by atoms with Crippen molar-refractivity contribution >= 4 is 37.8 Å². The zero-order valence-electron chi connectivity index (χ0n) is 12.0. The van der Waals surface area contributed by atoms with E-state index in [-0.39, 0.29) is 21.5 Å². The third-order valence-electron chi connectivity index (χ3n) is 3.45. The van der Waals surface area contributed by atoms with Gasteiger partial charge in [0.05, 0.1) is 12.8 Å². The zero-order chi connectivity index (χ0) is 15.8. The third kappa shape index (κ3) is 3.14. The lowest BCUT2D eigenvalue weighted by atomic mass is 10.1. The smallest absolute Gasteiger partial charge is 0.350 e. The minimum Gasteiger partial charge on any atom is -0.465 e. The Morgan fingerprint density at radius 2 is 1.95 bits per heavy atom. The molecular weight excluding hydrogens is 314 g/mol. The predicted molar refractivity (Wildman–Crippen MR) is 82.6 cm³/mol. The molecule has 0 unspecified atom stereocenters. The number of rotatable bonds is 3. The average molecular weight is 333 g/mol. The number of carbonyl (C=O) groups excluding carboxylic acids is 1. The lowest BCUT2D eigenvalue weighted by molar-refractivity contribution is 0.0607. The minimum absolute atomic E-state index is 0.0170. The summed E-state index contributed by atoms with van der Waals surface area (Å²) in [6.45, 7) is 1.29. The van der Waals surface area contributed by atoms with Gasteiger partial charge in [0.15, 0.2) is 9.84 Å². The summed E-state index contributed by atoms with van der Waals surface area (Å²) >= 11 is 1.06. The Morgan fingerprint density at radius 3 is 2.43 bits per heavy atom.